The molecule has 0 aliphatic heterocycles. The van der Waals surface area contributed by atoms with Gasteiger partial charge in [0, 0.05) is 18.1 Å². The van der Waals surface area contributed by atoms with Crippen molar-refractivity contribution in [3.63, 3.8) is 0 Å². The normalized spacial score (nSPS) is 18.7. The van der Waals surface area contributed by atoms with Crippen LogP contribution >= 0.6 is 0 Å². The van der Waals surface area contributed by atoms with Gasteiger partial charge in [-0.1, -0.05) is 30.3 Å². The van der Waals surface area contributed by atoms with Crippen molar-refractivity contribution in [3.8, 4) is 0 Å². The predicted molar refractivity (Wildman–Crippen MR) is 82.2 cm³/mol. The molecule has 4 nitrogen and oxygen atoms in total. The molecule has 1 atom stereocenters. The first-order valence-corrected chi connectivity index (χ1v) is 8.89. The summed E-state index contributed by atoms with van der Waals surface area (Å²) in [6.45, 7) is 4.13. The molecule has 1 aromatic rings. The molecule has 1 aromatic carbocycles. The van der Waals surface area contributed by atoms with Crippen molar-refractivity contribution < 1.29 is 8.42 Å². The number of benzene rings is 1. The summed E-state index contributed by atoms with van der Waals surface area (Å²) >= 11 is 0. The first-order chi connectivity index (χ1) is 9.45. The third-order valence-corrected chi connectivity index (χ3v) is 5.15. The summed E-state index contributed by atoms with van der Waals surface area (Å²) in [5.41, 5.74) is 1.50. The Bertz CT molecular complexity index is 524. The van der Waals surface area contributed by atoms with E-state index < -0.39 is 10.0 Å². The van der Waals surface area contributed by atoms with Gasteiger partial charge in [-0.15, -0.1) is 0 Å². The molecule has 2 rings (SSSR count). The summed E-state index contributed by atoms with van der Waals surface area (Å²) in [6, 6.07) is 10.6. The Morgan fingerprint density at radius 1 is 1.25 bits per heavy atom. The minimum atomic E-state index is -3.10. The van der Waals surface area contributed by atoms with Crippen LogP contribution in [-0.4, -0.2) is 32.3 Å². The van der Waals surface area contributed by atoms with Crippen molar-refractivity contribution in [1.82, 2.24) is 10.0 Å². The van der Waals surface area contributed by atoms with E-state index in [2.05, 4.69) is 34.3 Å². The van der Waals surface area contributed by atoms with Crippen LogP contribution in [0.3, 0.4) is 0 Å². The predicted octanol–water partition coefficient (Wildman–Crippen LogP) is 1.68. The van der Waals surface area contributed by atoms with Crippen LogP contribution in [0.4, 0.5) is 0 Å². The Labute approximate surface area is 122 Å². The molecule has 1 fully saturated rings. The molecule has 1 saturated carbocycles. The van der Waals surface area contributed by atoms with Crippen molar-refractivity contribution in [2.75, 3.05) is 12.3 Å². The van der Waals surface area contributed by atoms with Crippen LogP contribution in [0.2, 0.25) is 0 Å². The fourth-order valence-electron chi connectivity index (χ4n) is 2.44. The van der Waals surface area contributed by atoms with Gasteiger partial charge in [0.2, 0.25) is 10.0 Å². The lowest BCUT2D eigenvalue weighted by atomic mass is 10.0. The fourth-order valence-corrected chi connectivity index (χ4v) is 3.15. The Morgan fingerprint density at radius 3 is 2.45 bits per heavy atom. The molecule has 0 amide bonds. The molecule has 0 radical (unpaired) electrons. The average molecular weight is 296 g/mol. The van der Waals surface area contributed by atoms with Gasteiger partial charge in [-0.05, 0) is 38.7 Å². The standard InChI is InChI=1S/C15H24N2O2S/c1-3-20(18,19)16-12-13(2)17-15(9-10-15)11-14-7-5-4-6-8-14/h4-8,13,16-17H,3,9-12H2,1-2H3. The third kappa shape index (κ3) is 4.58. The number of hydrogen-bond acceptors (Lipinski definition) is 3. The van der Waals surface area contributed by atoms with E-state index in [1.807, 2.05) is 13.0 Å². The van der Waals surface area contributed by atoms with Crippen molar-refractivity contribution >= 4 is 10.0 Å². The summed E-state index contributed by atoms with van der Waals surface area (Å²) in [6.07, 6.45) is 3.33. The van der Waals surface area contributed by atoms with E-state index in [1.54, 1.807) is 6.92 Å². The third-order valence-electron chi connectivity index (χ3n) is 3.78. The van der Waals surface area contributed by atoms with Gasteiger partial charge in [0.1, 0.15) is 0 Å². The van der Waals surface area contributed by atoms with Gasteiger partial charge in [0.25, 0.3) is 0 Å². The minimum absolute atomic E-state index is 0.134. The highest BCUT2D eigenvalue weighted by Gasteiger charge is 2.43. The van der Waals surface area contributed by atoms with Crippen molar-refractivity contribution in [1.29, 1.82) is 0 Å². The molecule has 112 valence electrons. The van der Waals surface area contributed by atoms with Crippen molar-refractivity contribution in [3.05, 3.63) is 35.9 Å². The quantitative estimate of drug-likeness (QED) is 0.767. The lowest BCUT2D eigenvalue weighted by Gasteiger charge is -2.23. The van der Waals surface area contributed by atoms with Crippen LogP contribution in [0.25, 0.3) is 0 Å². The van der Waals surface area contributed by atoms with Crippen LogP contribution in [0.15, 0.2) is 30.3 Å². The highest BCUT2D eigenvalue weighted by molar-refractivity contribution is 7.89. The van der Waals surface area contributed by atoms with Crippen molar-refractivity contribution in [2.45, 2.75) is 44.7 Å². The molecule has 0 aromatic heterocycles. The molecule has 0 spiro atoms. The van der Waals surface area contributed by atoms with E-state index in [0.29, 0.717) is 6.54 Å². The Kier molecular flexibility index (Phi) is 4.83. The van der Waals surface area contributed by atoms with Crippen molar-refractivity contribution in [2.24, 2.45) is 0 Å². The smallest absolute Gasteiger partial charge is 0.211 e. The molecule has 2 N–H and O–H groups in total. The lowest BCUT2D eigenvalue weighted by molar-refractivity contribution is 0.422. The van der Waals surface area contributed by atoms with E-state index in [9.17, 15) is 8.42 Å². The number of rotatable bonds is 8. The van der Waals surface area contributed by atoms with Gasteiger partial charge in [-0.25, -0.2) is 13.1 Å². The average Bonchev–Trinajstić information content (AvgIpc) is 3.17. The summed E-state index contributed by atoms with van der Waals surface area (Å²) < 4.78 is 25.5. The summed E-state index contributed by atoms with van der Waals surface area (Å²) in [4.78, 5) is 0. The number of hydrogen-bond donors (Lipinski definition) is 2. The van der Waals surface area contributed by atoms with Crippen LogP contribution in [-0.2, 0) is 16.4 Å². The van der Waals surface area contributed by atoms with Gasteiger partial charge in [0.15, 0.2) is 0 Å². The largest absolute Gasteiger partial charge is 0.307 e. The Balaban J connectivity index is 1.83. The van der Waals surface area contributed by atoms with Gasteiger partial charge < -0.3 is 5.32 Å². The Morgan fingerprint density at radius 2 is 1.90 bits per heavy atom. The highest BCUT2D eigenvalue weighted by atomic mass is 32.2. The topological polar surface area (TPSA) is 58.2 Å². The molecular weight excluding hydrogens is 272 g/mol. The van der Waals surface area contributed by atoms with Crippen LogP contribution in [0.1, 0.15) is 32.3 Å². The maximum absolute atomic E-state index is 11.4. The fraction of sp³-hybridized carbons (Fsp3) is 0.600. The van der Waals surface area contributed by atoms with Crippen LogP contribution in [0.5, 0.6) is 0 Å². The summed E-state index contributed by atoms with van der Waals surface area (Å²) in [5.74, 6) is 0.134. The summed E-state index contributed by atoms with van der Waals surface area (Å²) in [5, 5.41) is 3.59. The number of sulfonamides is 1. The second-order valence-corrected chi connectivity index (χ2v) is 7.84. The van der Waals surface area contributed by atoms with E-state index >= 15 is 0 Å². The lowest BCUT2D eigenvalue weighted by Crippen LogP contribution is -2.46. The van der Waals surface area contributed by atoms with Gasteiger partial charge in [-0.2, -0.15) is 0 Å². The molecule has 0 bridgehead atoms. The van der Waals surface area contributed by atoms with E-state index in [0.717, 1.165) is 19.3 Å². The number of nitrogens with one attached hydrogen (secondary N) is 2. The molecule has 0 heterocycles. The van der Waals surface area contributed by atoms with Crippen LogP contribution < -0.4 is 10.0 Å². The zero-order chi connectivity index (χ0) is 14.6. The molecule has 1 unspecified atom stereocenters. The molecule has 5 heteroatoms. The summed E-state index contributed by atoms with van der Waals surface area (Å²) in [7, 11) is -3.10. The molecule has 0 saturated heterocycles. The second kappa shape index (κ2) is 6.24. The zero-order valence-corrected chi connectivity index (χ0v) is 13.0. The highest BCUT2D eigenvalue weighted by Crippen LogP contribution is 2.39. The van der Waals surface area contributed by atoms with Crippen LogP contribution in [0, 0.1) is 0 Å². The van der Waals surface area contributed by atoms with E-state index in [4.69, 9.17) is 0 Å². The molecule has 20 heavy (non-hydrogen) atoms. The Hall–Kier alpha value is -0.910. The first-order valence-electron chi connectivity index (χ1n) is 7.24. The van der Waals surface area contributed by atoms with E-state index in [-0.39, 0.29) is 17.3 Å². The SMILES string of the molecule is CCS(=O)(=O)NCC(C)NC1(Cc2ccccc2)CC1. The molecule has 1 aliphatic carbocycles. The monoisotopic (exact) mass is 296 g/mol. The first kappa shape index (κ1) is 15.5. The maximum Gasteiger partial charge on any atom is 0.211 e. The minimum Gasteiger partial charge on any atom is -0.307 e. The van der Waals surface area contributed by atoms with Gasteiger partial charge in [0.05, 0.1) is 5.75 Å². The van der Waals surface area contributed by atoms with Gasteiger partial charge in [-0.3, -0.25) is 0 Å². The maximum atomic E-state index is 11.4. The molecular formula is C15H24N2O2S. The van der Waals surface area contributed by atoms with E-state index in [1.165, 1.54) is 5.56 Å². The second-order valence-electron chi connectivity index (χ2n) is 5.74. The zero-order valence-electron chi connectivity index (χ0n) is 12.2. The van der Waals surface area contributed by atoms with Gasteiger partial charge >= 0.3 is 0 Å². The molecule has 1 aliphatic rings.